The van der Waals surface area contributed by atoms with Crippen LogP contribution in [0, 0.1) is 0 Å². The number of fused-ring (bicyclic) bond motifs is 1. The Morgan fingerprint density at radius 2 is 2.16 bits per heavy atom. The number of rotatable bonds is 5. The van der Waals surface area contributed by atoms with E-state index in [4.69, 9.17) is 4.74 Å². The molecule has 0 saturated carbocycles. The molecule has 0 radical (unpaired) electrons. The number of amides is 1. The molecule has 0 fully saturated rings. The van der Waals surface area contributed by atoms with E-state index in [9.17, 15) is 9.59 Å². The maximum absolute atomic E-state index is 12.0. The predicted molar refractivity (Wildman–Crippen MR) is 74.9 cm³/mol. The number of thiophene rings is 1. The normalized spacial score (nSPS) is 13.2. The first-order valence-corrected chi connectivity index (χ1v) is 7.25. The van der Waals surface area contributed by atoms with Crippen molar-refractivity contribution in [3.8, 4) is 0 Å². The summed E-state index contributed by atoms with van der Waals surface area (Å²) in [6, 6.07) is 0. The van der Waals surface area contributed by atoms with E-state index in [0.717, 1.165) is 24.8 Å². The van der Waals surface area contributed by atoms with Crippen LogP contribution in [0.1, 0.15) is 34.1 Å². The fourth-order valence-corrected chi connectivity index (χ4v) is 3.54. The number of carbonyl (C=O) groups excluding carboxylic acids is 2. The van der Waals surface area contributed by atoms with Crippen LogP contribution in [0.4, 0.5) is 5.00 Å². The number of nitrogens with one attached hydrogen (secondary N) is 2. The number of anilines is 1. The minimum Gasteiger partial charge on any atom is -0.462 e. The highest BCUT2D eigenvalue weighted by Crippen LogP contribution is 2.39. The molecule has 1 amide bonds. The molecular weight excluding hydrogens is 264 g/mol. The zero-order chi connectivity index (χ0) is 13.8. The van der Waals surface area contributed by atoms with Gasteiger partial charge in [-0.25, -0.2) is 4.79 Å². The molecule has 6 heteroatoms. The summed E-state index contributed by atoms with van der Waals surface area (Å²) >= 11 is 1.50. The van der Waals surface area contributed by atoms with Gasteiger partial charge in [-0.1, -0.05) is 0 Å². The van der Waals surface area contributed by atoms with Crippen molar-refractivity contribution in [3.63, 3.8) is 0 Å². The number of aryl methyl sites for hydroxylation is 1. The van der Waals surface area contributed by atoms with Crippen molar-refractivity contribution in [3.05, 3.63) is 16.0 Å². The molecule has 2 N–H and O–H groups in total. The van der Waals surface area contributed by atoms with Crippen LogP contribution in [0.15, 0.2) is 0 Å². The van der Waals surface area contributed by atoms with Gasteiger partial charge >= 0.3 is 5.97 Å². The largest absolute Gasteiger partial charge is 0.462 e. The van der Waals surface area contributed by atoms with Crippen LogP contribution in [-0.4, -0.2) is 32.1 Å². The van der Waals surface area contributed by atoms with Crippen molar-refractivity contribution in [1.29, 1.82) is 0 Å². The predicted octanol–water partition coefficient (Wildman–Crippen LogP) is 1.57. The Kier molecular flexibility index (Phi) is 4.55. The Balaban J connectivity index is 2.27. The summed E-state index contributed by atoms with van der Waals surface area (Å²) in [6.07, 6.45) is 2.94. The second-order valence-corrected chi connectivity index (χ2v) is 5.47. The van der Waals surface area contributed by atoms with Gasteiger partial charge in [0.25, 0.3) is 0 Å². The second kappa shape index (κ2) is 6.16. The summed E-state index contributed by atoms with van der Waals surface area (Å²) in [5.41, 5.74) is 1.62. The second-order valence-electron chi connectivity index (χ2n) is 4.36. The maximum Gasteiger partial charge on any atom is 0.341 e. The van der Waals surface area contributed by atoms with E-state index in [1.165, 1.54) is 16.2 Å². The third-order valence-electron chi connectivity index (χ3n) is 2.99. The van der Waals surface area contributed by atoms with E-state index >= 15 is 0 Å². The van der Waals surface area contributed by atoms with Gasteiger partial charge < -0.3 is 15.4 Å². The number of esters is 1. The summed E-state index contributed by atoms with van der Waals surface area (Å²) in [6.45, 7) is 2.35. The molecule has 1 aromatic rings. The fraction of sp³-hybridized carbons (Fsp3) is 0.538. The fourth-order valence-electron chi connectivity index (χ4n) is 2.24. The lowest BCUT2D eigenvalue weighted by molar-refractivity contribution is -0.115. The minimum atomic E-state index is -0.332. The molecule has 0 aromatic carbocycles. The van der Waals surface area contributed by atoms with E-state index in [0.29, 0.717) is 17.2 Å². The first-order chi connectivity index (χ1) is 9.17. The monoisotopic (exact) mass is 282 g/mol. The number of hydrogen-bond donors (Lipinski definition) is 2. The topological polar surface area (TPSA) is 67.4 Å². The van der Waals surface area contributed by atoms with E-state index in [2.05, 4.69) is 10.6 Å². The van der Waals surface area contributed by atoms with Crippen molar-refractivity contribution in [2.45, 2.75) is 26.2 Å². The van der Waals surface area contributed by atoms with Crippen molar-refractivity contribution >= 4 is 28.2 Å². The lowest BCUT2D eigenvalue weighted by Gasteiger charge is -2.07. The molecule has 5 nitrogen and oxygen atoms in total. The number of carbonyl (C=O) groups is 2. The summed E-state index contributed by atoms with van der Waals surface area (Å²) in [7, 11) is 1.71. The van der Waals surface area contributed by atoms with E-state index < -0.39 is 0 Å². The molecule has 2 rings (SSSR count). The molecule has 1 heterocycles. The van der Waals surface area contributed by atoms with Gasteiger partial charge in [0.2, 0.25) is 5.91 Å². The van der Waals surface area contributed by atoms with Gasteiger partial charge in [0.1, 0.15) is 5.00 Å². The summed E-state index contributed by atoms with van der Waals surface area (Å²) in [4.78, 5) is 24.9. The first-order valence-electron chi connectivity index (χ1n) is 6.43. The highest BCUT2D eigenvalue weighted by atomic mass is 32.1. The maximum atomic E-state index is 12.0. The standard InChI is InChI=1S/C13H18N2O3S/c1-3-18-13(17)11-8-5-4-6-9(8)19-12(11)15-10(16)7-14-2/h14H,3-7H2,1-2H3,(H,15,16). The Morgan fingerprint density at radius 3 is 2.84 bits per heavy atom. The molecule has 1 aliphatic carbocycles. The lowest BCUT2D eigenvalue weighted by atomic mass is 10.1. The number of hydrogen-bond acceptors (Lipinski definition) is 5. The average Bonchev–Trinajstić information content (AvgIpc) is 2.89. The van der Waals surface area contributed by atoms with Gasteiger partial charge in [-0.05, 0) is 38.8 Å². The van der Waals surface area contributed by atoms with E-state index in [1.54, 1.807) is 14.0 Å². The molecule has 0 atom stereocenters. The van der Waals surface area contributed by atoms with Crippen LogP contribution < -0.4 is 10.6 Å². The van der Waals surface area contributed by atoms with Crippen LogP contribution >= 0.6 is 11.3 Å². The molecule has 104 valence electrons. The van der Waals surface area contributed by atoms with Gasteiger partial charge in [-0.3, -0.25) is 4.79 Å². The smallest absolute Gasteiger partial charge is 0.341 e. The quantitative estimate of drug-likeness (QED) is 0.805. The Morgan fingerprint density at radius 1 is 1.37 bits per heavy atom. The first kappa shape index (κ1) is 14.0. The zero-order valence-corrected chi connectivity index (χ0v) is 12.0. The molecule has 19 heavy (non-hydrogen) atoms. The van der Waals surface area contributed by atoms with Gasteiger partial charge in [0.05, 0.1) is 18.7 Å². The molecule has 0 unspecified atom stereocenters. The highest BCUT2D eigenvalue weighted by Gasteiger charge is 2.28. The van der Waals surface area contributed by atoms with Gasteiger partial charge in [-0.2, -0.15) is 0 Å². The molecule has 0 bridgehead atoms. The van der Waals surface area contributed by atoms with Crippen LogP contribution in [0.3, 0.4) is 0 Å². The summed E-state index contributed by atoms with van der Waals surface area (Å²) in [5, 5.41) is 6.21. The van der Waals surface area contributed by atoms with Crippen molar-refractivity contribution in [2.75, 3.05) is 25.5 Å². The third-order valence-corrected chi connectivity index (χ3v) is 4.20. The van der Waals surface area contributed by atoms with E-state index in [1.807, 2.05) is 0 Å². The van der Waals surface area contributed by atoms with Crippen molar-refractivity contribution < 1.29 is 14.3 Å². The molecular formula is C13H18N2O3S. The number of ether oxygens (including phenoxy) is 1. The number of likely N-dealkylation sites (N-methyl/N-ethyl adjacent to an activating group) is 1. The van der Waals surface area contributed by atoms with Gasteiger partial charge in [0.15, 0.2) is 0 Å². The molecule has 1 aliphatic rings. The zero-order valence-electron chi connectivity index (χ0n) is 11.2. The van der Waals surface area contributed by atoms with Crippen LogP contribution in [0.25, 0.3) is 0 Å². The van der Waals surface area contributed by atoms with Gasteiger partial charge in [-0.15, -0.1) is 11.3 Å². The molecule has 0 spiro atoms. The van der Waals surface area contributed by atoms with Gasteiger partial charge in [0, 0.05) is 4.88 Å². The van der Waals surface area contributed by atoms with Crippen molar-refractivity contribution in [1.82, 2.24) is 5.32 Å². The third kappa shape index (κ3) is 2.96. The van der Waals surface area contributed by atoms with E-state index in [-0.39, 0.29) is 18.4 Å². The van der Waals surface area contributed by atoms with Crippen LogP contribution in [0.2, 0.25) is 0 Å². The molecule has 1 aromatic heterocycles. The molecule has 0 saturated heterocycles. The SMILES string of the molecule is CCOC(=O)c1c(NC(=O)CNC)sc2c1CCC2. The Labute approximate surface area is 116 Å². The van der Waals surface area contributed by atoms with Crippen molar-refractivity contribution in [2.24, 2.45) is 0 Å². The Bertz CT molecular complexity index is 496. The van der Waals surface area contributed by atoms with Crippen LogP contribution in [0.5, 0.6) is 0 Å². The molecule has 0 aliphatic heterocycles. The average molecular weight is 282 g/mol. The minimum absolute atomic E-state index is 0.145. The highest BCUT2D eigenvalue weighted by molar-refractivity contribution is 7.17. The van der Waals surface area contributed by atoms with Crippen LogP contribution in [-0.2, 0) is 22.4 Å². The Hall–Kier alpha value is -1.40. The summed E-state index contributed by atoms with van der Waals surface area (Å²) in [5.74, 6) is -0.477. The lowest BCUT2D eigenvalue weighted by Crippen LogP contribution is -2.25. The summed E-state index contributed by atoms with van der Waals surface area (Å²) < 4.78 is 5.09.